The molecule has 0 saturated heterocycles. The van der Waals surface area contributed by atoms with E-state index in [1.54, 1.807) is 0 Å². The van der Waals surface area contributed by atoms with Gasteiger partial charge >= 0.3 is 0 Å². The minimum absolute atomic E-state index is 0.111. The largest absolute Gasteiger partial charge is 0.544 e. The van der Waals surface area contributed by atoms with Crippen LogP contribution in [0, 0.1) is 5.41 Å². The summed E-state index contributed by atoms with van der Waals surface area (Å²) in [5.41, 5.74) is -0.926. The molecule has 0 aliphatic heterocycles. The summed E-state index contributed by atoms with van der Waals surface area (Å²) in [6.45, 7) is 4.25. The molecule has 0 spiro atoms. The van der Waals surface area contributed by atoms with Crippen molar-refractivity contribution in [2.75, 3.05) is 21.1 Å². The van der Waals surface area contributed by atoms with Crippen LogP contribution >= 0.6 is 0 Å². The highest BCUT2D eigenvalue weighted by atomic mass is 16.4. The van der Waals surface area contributed by atoms with Crippen molar-refractivity contribution in [3.8, 4) is 0 Å². The van der Waals surface area contributed by atoms with Crippen LogP contribution in [0.1, 0.15) is 136 Å². The molecule has 0 bridgehead atoms. The molecule has 0 aromatic heterocycles. The molecular weight excluding hydrogens is 370 g/mol. The second kappa shape index (κ2) is 13.8. The van der Waals surface area contributed by atoms with Gasteiger partial charge in [0.15, 0.2) is 0 Å². The van der Waals surface area contributed by atoms with Crippen molar-refractivity contribution in [2.45, 2.75) is 141 Å². The average molecular weight is 424 g/mol. The Morgan fingerprint density at radius 1 is 0.767 bits per heavy atom. The number of likely N-dealkylation sites (N-methyl/N-ethyl adjacent to an activating group) is 1. The van der Waals surface area contributed by atoms with E-state index in [2.05, 4.69) is 6.92 Å². The van der Waals surface area contributed by atoms with Gasteiger partial charge in [-0.3, -0.25) is 0 Å². The number of hydrogen-bond donors (Lipinski definition) is 0. The van der Waals surface area contributed by atoms with Crippen LogP contribution in [0.5, 0.6) is 0 Å². The molecule has 0 N–H and O–H groups in total. The maximum Gasteiger partial charge on any atom is 0.141 e. The summed E-state index contributed by atoms with van der Waals surface area (Å²) in [6.07, 6.45) is 24.4. The Morgan fingerprint density at radius 3 is 1.53 bits per heavy atom. The third-order valence-electron chi connectivity index (χ3n) is 8.34. The SMILES string of the molecule is CCCCCCCCCCCCCCCC1(C(C)(C(=O)[O-])[N+](C)(C)C)CCCCC1. The van der Waals surface area contributed by atoms with E-state index < -0.39 is 11.5 Å². The molecule has 1 rings (SSSR count). The fourth-order valence-corrected chi connectivity index (χ4v) is 5.89. The molecule has 1 saturated carbocycles. The van der Waals surface area contributed by atoms with Gasteiger partial charge in [0.05, 0.1) is 21.1 Å². The molecule has 0 aromatic carbocycles. The Labute approximate surface area is 188 Å². The predicted octanol–water partition coefficient (Wildman–Crippen LogP) is 6.63. The minimum Gasteiger partial charge on any atom is -0.544 e. The topological polar surface area (TPSA) is 40.1 Å². The average Bonchev–Trinajstić information content (AvgIpc) is 2.70. The fraction of sp³-hybridized carbons (Fsp3) is 0.963. The van der Waals surface area contributed by atoms with E-state index in [1.807, 2.05) is 28.1 Å². The third kappa shape index (κ3) is 7.84. The van der Waals surface area contributed by atoms with Gasteiger partial charge < -0.3 is 14.4 Å². The second-order valence-corrected chi connectivity index (χ2v) is 11.2. The lowest BCUT2D eigenvalue weighted by Crippen LogP contribution is -2.72. The van der Waals surface area contributed by atoms with Crippen molar-refractivity contribution in [3.05, 3.63) is 0 Å². The van der Waals surface area contributed by atoms with Gasteiger partial charge in [-0.15, -0.1) is 0 Å². The smallest absolute Gasteiger partial charge is 0.141 e. The first-order valence-electron chi connectivity index (χ1n) is 13.2. The molecule has 3 heteroatoms. The number of quaternary nitrogens is 1. The quantitative estimate of drug-likeness (QED) is 0.194. The number of carbonyl (C=O) groups excluding carboxylic acids is 1. The van der Waals surface area contributed by atoms with Crippen LogP contribution in [0.3, 0.4) is 0 Å². The molecule has 1 fully saturated rings. The molecule has 0 heterocycles. The molecule has 0 amide bonds. The Balaban J connectivity index is 2.34. The zero-order valence-corrected chi connectivity index (χ0v) is 21.2. The summed E-state index contributed by atoms with van der Waals surface area (Å²) < 4.78 is 0.452. The monoisotopic (exact) mass is 423 g/mol. The standard InChI is InChI=1S/C27H53NO2/c1-6-7-8-9-10-11-12-13-14-15-16-17-19-22-27(23-20-18-21-24-27)26(2,25(29)30)28(3,4)5/h6-24H2,1-5H3. The van der Waals surface area contributed by atoms with Crippen LogP contribution in [0.4, 0.5) is 0 Å². The molecule has 178 valence electrons. The lowest BCUT2D eigenvalue weighted by molar-refractivity contribution is -0.923. The van der Waals surface area contributed by atoms with Crippen molar-refractivity contribution >= 4 is 5.97 Å². The van der Waals surface area contributed by atoms with Gasteiger partial charge in [0.1, 0.15) is 11.5 Å². The summed E-state index contributed by atoms with van der Waals surface area (Å²) in [5, 5.41) is 12.4. The van der Waals surface area contributed by atoms with Gasteiger partial charge in [0.2, 0.25) is 0 Å². The summed E-state index contributed by atoms with van der Waals surface area (Å²) in [4.78, 5) is 12.4. The molecule has 0 radical (unpaired) electrons. The first-order chi connectivity index (χ1) is 14.2. The molecule has 1 aliphatic carbocycles. The zero-order chi connectivity index (χ0) is 22.5. The van der Waals surface area contributed by atoms with Gasteiger partial charge in [-0.05, 0) is 26.2 Å². The Morgan fingerprint density at radius 2 is 1.17 bits per heavy atom. The number of rotatable bonds is 17. The molecule has 1 unspecified atom stereocenters. The second-order valence-electron chi connectivity index (χ2n) is 11.2. The lowest BCUT2D eigenvalue weighted by atomic mass is 9.58. The molecular formula is C27H53NO2. The first kappa shape index (κ1) is 27.5. The molecule has 0 aromatic rings. The molecule has 30 heavy (non-hydrogen) atoms. The van der Waals surface area contributed by atoms with Crippen molar-refractivity contribution in [1.29, 1.82) is 0 Å². The van der Waals surface area contributed by atoms with E-state index in [9.17, 15) is 9.90 Å². The van der Waals surface area contributed by atoms with Crippen LogP contribution in [-0.4, -0.2) is 37.1 Å². The number of aliphatic carboxylic acids is 1. The number of nitrogens with zero attached hydrogens (tertiary/aromatic N) is 1. The first-order valence-corrected chi connectivity index (χ1v) is 13.2. The van der Waals surface area contributed by atoms with E-state index in [4.69, 9.17) is 0 Å². The fourth-order valence-electron chi connectivity index (χ4n) is 5.89. The summed E-state index contributed by atoms with van der Waals surface area (Å²) in [5.74, 6) is -0.855. The maximum absolute atomic E-state index is 12.4. The van der Waals surface area contributed by atoms with Gasteiger partial charge in [-0.25, -0.2) is 0 Å². The van der Waals surface area contributed by atoms with Crippen molar-refractivity contribution in [2.24, 2.45) is 5.41 Å². The summed E-state index contributed by atoms with van der Waals surface area (Å²) in [6, 6.07) is 0. The van der Waals surface area contributed by atoms with E-state index >= 15 is 0 Å². The number of hydrogen-bond acceptors (Lipinski definition) is 2. The van der Waals surface area contributed by atoms with Gasteiger partial charge in [0, 0.05) is 5.41 Å². The van der Waals surface area contributed by atoms with Gasteiger partial charge in [-0.2, -0.15) is 0 Å². The van der Waals surface area contributed by atoms with Crippen molar-refractivity contribution in [3.63, 3.8) is 0 Å². The van der Waals surface area contributed by atoms with Crippen molar-refractivity contribution in [1.82, 2.24) is 0 Å². The van der Waals surface area contributed by atoms with Crippen LogP contribution in [0.15, 0.2) is 0 Å². The number of carboxylic acids is 1. The maximum atomic E-state index is 12.4. The molecule has 3 nitrogen and oxygen atoms in total. The third-order valence-corrected chi connectivity index (χ3v) is 8.34. The molecule has 1 atom stereocenters. The van der Waals surface area contributed by atoms with E-state index in [1.165, 1.54) is 103 Å². The van der Waals surface area contributed by atoms with E-state index in [0.29, 0.717) is 4.48 Å². The number of carbonyl (C=O) groups is 1. The van der Waals surface area contributed by atoms with Crippen molar-refractivity contribution < 1.29 is 14.4 Å². The highest BCUT2D eigenvalue weighted by Crippen LogP contribution is 2.52. The minimum atomic E-state index is -0.855. The normalized spacial score (nSPS) is 18.8. The zero-order valence-electron chi connectivity index (χ0n) is 21.2. The number of carboxylic acid groups (broad SMARTS) is 1. The highest BCUT2D eigenvalue weighted by molar-refractivity contribution is 5.76. The Kier molecular flexibility index (Phi) is 12.6. The summed E-state index contributed by atoms with van der Waals surface area (Å²) in [7, 11) is 6.11. The van der Waals surface area contributed by atoms with Crippen LogP contribution in [0.2, 0.25) is 0 Å². The number of unbranched alkanes of at least 4 members (excludes halogenated alkanes) is 12. The molecule has 1 aliphatic rings. The Hall–Kier alpha value is -0.570. The van der Waals surface area contributed by atoms with Gasteiger partial charge in [-0.1, -0.05) is 110 Å². The van der Waals surface area contributed by atoms with Gasteiger partial charge in [0.25, 0.3) is 0 Å². The summed E-state index contributed by atoms with van der Waals surface area (Å²) >= 11 is 0. The lowest BCUT2D eigenvalue weighted by Gasteiger charge is -2.57. The van der Waals surface area contributed by atoms with Crippen LogP contribution in [0.25, 0.3) is 0 Å². The predicted molar refractivity (Wildman–Crippen MR) is 127 cm³/mol. The highest BCUT2D eigenvalue weighted by Gasteiger charge is 2.57. The van der Waals surface area contributed by atoms with E-state index in [0.717, 1.165) is 19.3 Å². The van der Waals surface area contributed by atoms with Crippen LogP contribution in [-0.2, 0) is 4.79 Å². The van der Waals surface area contributed by atoms with Crippen LogP contribution < -0.4 is 5.11 Å². The Bertz CT molecular complexity index is 462. The van der Waals surface area contributed by atoms with E-state index in [-0.39, 0.29) is 5.41 Å².